The molecule has 0 radical (unpaired) electrons. The Bertz CT molecular complexity index is 2110. The Morgan fingerprint density at radius 3 is 1.95 bits per heavy atom. The van der Waals surface area contributed by atoms with Crippen molar-refractivity contribution in [3.63, 3.8) is 0 Å². The summed E-state index contributed by atoms with van der Waals surface area (Å²) in [7, 11) is 8.40. The number of carbonyl (C=O) groups excluding carboxylic acids is 7. The van der Waals surface area contributed by atoms with Gasteiger partial charge in [-0.15, -0.1) is 6.42 Å². The summed E-state index contributed by atoms with van der Waals surface area (Å²) >= 11 is 0. The van der Waals surface area contributed by atoms with Gasteiger partial charge in [-0.1, -0.05) is 86.8 Å². The van der Waals surface area contributed by atoms with Crippen molar-refractivity contribution in [3.05, 3.63) is 29.8 Å². The molecule has 0 aromatic heterocycles. The van der Waals surface area contributed by atoms with Gasteiger partial charge in [0.2, 0.25) is 29.5 Å². The van der Waals surface area contributed by atoms with E-state index in [1.807, 2.05) is 74.4 Å². The van der Waals surface area contributed by atoms with E-state index < -0.39 is 84.0 Å². The van der Waals surface area contributed by atoms with Crippen LogP contribution in [0, 0.1) is 41.9 Å². The standard InChI is InChI=1S/C56H92N8O14/c1-16-37(9)50(63(13)56(73)48(35(5)6)60-55(72)49(36(7)8)62(11)12)44(74-14)32-46(66)64-26-18-19-43(64)51(75-15)38(10)52(69)59-42(31-34(3)4)54(71)61-78-33-39-20-22-40(23-21-39)57-53(70)41(17-2)58-45(65)24-27-76-29-30-77-28-25-47(67)68/h2,20-23,34-38,41-44,48-51H,16,18-19,24-33H2,1,3-15H3,(H,57,70)(H,58,65)(H,59,69)(H,60,72)(H,61,71)(H,67,68). The van der Waals surface area contributed by atoms with Gasteiger partial charge in [0.1, 0.15) is 12.1 Å². The maximum atomic E-state index is 14.4. The molecule has 22 nitrogen and oxygen atoms in total. The van der Waals surface area contributed by atoms with E-state index in [0.717, 1.165) is 0 Å². The lowest BCUT2D eigenvalue weighted by Gasteiger charge is -2.41. The number of benzene rings is 1. The Hall–Kier alpha value is -5.70. The molecule has 1 aliphatic rings. The number of terminal acetylenes is 1. The second kappa shape index (κ2) is 35.0. The number of nitrogens with one attached hydrogen (secondary N) is 5. The molecule has 7 amide bonds. The number of carboxylic acids is 1. The summed E-state index contributed by atoms with van der Waals surface area (Å²) in [5, 5.41) is 19.7. The van der Waals surface area contributed by atoms with Crippen LogP contribution in [0.5, 0.6) is 0 Å². The third-order valence-corrected chi connectivity index (χ3v) is 14.0. The van der Waals surface area contributed by atoms with Gasteiger partial charge in [0.25, 0.3) is 11.8 Å². The van der Waals surface area contributed by atoms with Crippen LogP contribution in [-0.2, 0) is 68.7 Å². The highest BCUT2D eigenvalue weighted by molar-refractivity contribution is 5.99. The van der Waals surface area contributed by atoms with E-state index in [4.69, 9.17) is 35.3 Å². The van der Waals surface area contributed by atoms with Crippen LogP contribution in [0.3, 0.4) is 0 Å². The molecule has 0 bridgehead atoms. The second-order valence-corrected chi connectivity index (χ2v) is 21.4. The molecular formula is C56H92N8O14. The van der Waals surface area contributed by atoms with Crippen LogP contribution in [0.1, 0.15) is 113 Å². The molecule has 1 aromatic carbocycles. The van der Waals surface area contributed by atoms with Crippen LogP contribution in [0.25, 0.3) is 0 Å². The topological polar surface area (TPSA) is 273 Å². The predicted octanol–water partition coefficient (Wildman–Crippen LogP) is 3.37. The van der Waals surface area contributed by atoms with E-state index in [1.54, 1.807) is 48.0 Å². The van der Waals surface area contributed by atoms with Crippen molar-refractivity contribution in [2.75, 3.05) is 73.7 Å². The predicted molar refractivity (Wildman–Crippen MR) is 294 cm³/mol. The minimum Gasteiger partial charge on any atom is -0.481 e. The first kappa shape index (κ1) is 68.4. The molecule has 0 saturated carbocycles. The van der Waals surface area contributed by atoms with Gasteiger partial charge in [-0.05, 0) is 74.7 Å². The maximum absolute atomic E-state index is 14.4. The third-order valence-electron chi connectivity index (χ3n) is 14.0. The zero-order chi connectivity index (χ0) is 58.8. The van der Waals surface area contributed by atoms with E-state index in [-0.39, 0.29) is 93.7 Å². The molecule has 1 aromatic rings. The number of nitrogens with zero attached hydrogens (tertiary/aromatic N) is 3. The van der Waals surface area contributed by atoms with E-state index in [0.29, 0.717) is 43.5 Å². The van der Waals surface area contributed by atoms with E-state index in [9.17, 15) is 38.4 Å². The van der Waals surface area contributed by atoms with Crippen LogP contribution in [0.2, 0.25) is 0 Å². The maximum Gasteiger partial charge on any atom is 0.305 e. The van der Waals surface area contributed by atoms with Crippen LogP contribution in [0.4, 0.5) is 5.69 Å². The number of likely N-dealkylation sites (N-methyl/N-ethyl adjacent to an activating group) is 2. The highest BCUT2D eigenvalue weighted by atomic mass is 16.7. The molecule has 10 atom stereocenters. The number of ether oxygens (including phenoxy) is 4. The summed E-state index contributed by atoms with van der Waals surface area (Å²) in [5.41, 5.74) is 3.47. The minimum atomic E-state index is -1.26. The molecule has 1 heterocycles. The lowest BCUT2D eigenvalue weighted by Crippen LogP contribution is -2.59. The number of methoxy groups -OCH3 is 2. The molecule has 0 aliphatic carbocycles. The molecule has 1 aliphatic heterocycles. The zero-order valence-corrected chi connectivity index (χ0v) is 48.7. The van der Waals surface area contributed by atoms with E-state index >= 15 is 0 Å². The molecule has 1 saturated heterocycles. The van der Waals surface area contributed by atoms with Crippen molar-refractivity contribution in [3.8, 4) is 12.3 Å². The number of anilines is 1. The van der Waals surface area contributed by atoms with Crippen LogP contribution >= 0.6 is 0 Å². The Labute approximate surface area is 462 Å². The lowest BCUT2D eigenvalue weighted by atomic mass is 9.89. The fourth-order valence-electron chi connectivity index (χ4n) is 9.64. The van der Waals surface area contributed by atoms with Gasteiger partial charge in [-0.2, -0.15) is 0 Å². The van der Waals surface area contributed by atoms with Crippen molar-refractivity contribution >= 4 is 53.0 Å². The summed E-state index contributed by atoms with van der Waals surface area (Å²) in [4.78, 5) is 117. The van der Waals surface area contributed by atoms with Gasteiger partial charge in [-0.25, -0.2) is 5.48 Å². The summed E-state index contributed by atoms with van der Waals surface area (Å²) in [6.45, 7) is 18.1. The minimum absolute atomic E-state index is 0.00374. The van der Waals surface area contributed by atoms with Crippen LogP contribution in [-0.4, -0.2) is 184 Å². The lowest BCUT2D eigenvalue weighted by molar-refractivity contribution is -0.148. The van der Waals surface area contributed by atoms with Gasteiger partial charge < -0.3 is 55.1 Å². The van der Waals surface area contributed by atoms with Crippen molar-refractivity contribution in [2.45, 2.75) is 162 Å². The molecular weight excluding hydrogens is 1010 g/mol. The fraction of sp³-hybridized carbons (Fsp3) is 0.714. The molecule has 78 heavy (non-hydrogen) atoms. The number of carboxylic acid groups (broad SMARTS) is 1. The Morgan fingerprint density at radius 2 is 1.42 bits per heavy atom. The SMILES string of the molecule is C#CC(NC(=O)CCOCCOCCC(=O)O)C(=O)Nc1ccc(CONC(=O)C(CC(C)C)NC(=O)C(C)C(OC)C2CCCN2C(=O)CC(OC)C(C(C)CC)N(C)C(=O)C(NC(=O)C(C(C)C)N(C)C)C(C)C)cc1. The monoisotopic (exact) mass is 1100 g/mol. The van der Waals surface area contributed by atoms with Gasteiger partial charge in [0.15, 0.2) is 6.04 Å². The quantitative estimate of drug-likeness (QED) is 0.0320. The van der Waals surface area contributed by atoms with E-state index in [1.165, 1.54) is 14.2 Å². The summed E-state index contributed by atoms with van der Waals surface area (Å²) < 4.78 is 22.5. The first-order valence-electron chi connectivity index (χ1n) is 27.2. The number of amides is 7. The van der Waals surface area contributed by atoms with Crippen LogP contribution in [0.15, 0.2) is 24.3 Å². The average molecular weight is 1100 g/mol. The number of hydrogen-bond donors (Lipinski definition) is 6. The number of likely N-dealkylation sites (tertiary alicyclic amines) is 1. The smallest absolute Gasteiger partial charge is 0.305 e. The van der Waals surface area contributed by atoms with Gasteiger partial charge in [-0.3, -0.25) is 48.1 Å². The molecule has 6 N–H and O–H groups in total. The van der Waals surface area contributed by atoms with Crippen molar-refractivity contribution < 1.29 is 67.2 Å². The van der Waals surface area contributed by atoms with Gasteiger partial charge >= 0.3 is 5.97 Å². The first-order valence-corrected chi connectivity index (χ1v) is 27.2. The summed E-state index contributed by atoms with van der Waals surface area (Å²) in [5.74, 6) is -2.70. The Balaban J connectivity index is 2.07. The van der Waals surface area contributed by atoms with Crippen molar-refractivity contribution in [1.29, 1.82) is 0 Å². The summed E-state index contributed by atoms with van der Waals surface area (Å²) in [6.07, 6.45) is 6.08. The average Bonchev–Trinajstić information content (AvgIpc) is 3.87. The molecule has 2 rings (SSSR count). The Kier molecular flexibility index (Phi) is 30.7. The second-order valence-electron chi connectivity index (χ2n) is 21.4. The normalized spacial score (nSPS) is 17.0. The van der Waals surface area contributed by atoms with Crippen molar-refractivity contribution in [1.82, 2.24) is 36.1 Å². The number of hydroxylamine groups is 1. The number of carbonyl (C=O) groups is 8. The number of rotatable bonds is 36. The number of hydrogen-bond acceptors (Lipinski definition) is 14. The van der Waals surface area contributed by atoms with Gasteiger partial charge in [0, 0.05) is 33.5 Å². The highest BCUT2D eigenvalue weighted by Crippen LogP contribution is 2.30. The van der Waals surface area contributed by atoms with E-state index in [2.05, 4.69) is 32.7 Å². The third kappa shape index (κ3) is 22.2. The Morgan fingerprint density at radius 1 is 0.795 bits per heavy atom. The fourth-order valence-corrected chi connectivity index (χ4v) is 9.64. The molecule has 0 spiro atoms. The van der Waals surface area contributed by atoms with Gasteiger partial charge in [0.05, 0.1) is 88.5 Å². The molecule has 1 fully saturated rings. The summed E-state index contributed by atoms with van der Waals surface area (Å²) in [6, 6.07) is 2.03. The van der Waals surface area contributed by atoms with Crippen molar-refractivity contribution in [2.24, 2.45) is 29.6 Å². The van der Waals surface area contributed by atoms with Crippen LogP contribution < -0.4 is 26.7 Å². The largest absolute Gasteiger partial charge is 0.481 e. The first-order chi connectivity index (χ1) is 36.8. The highest BCUT2D eigenvalue weighted by Gasteiger charge is 2.43. The molecule has 22 heteroatoms. The zero-order valence-electron chi connectivity index (χ0n) is 48.7. The number of aliphatic carboxylic acids is 1. The molecule has 440 valence electrons. The molecule has 10 unspecified atom stereocenters.